The van der Waals surface area contributed by atoms with E-state index < -0.39 is 0 Å². The Balaban J connectivity index is 2.13. The van der Waals surface area contributed by atoms with Gasteiger partial charge in [0.2, 0.25) is 0 Å². The molecule has 3 heteroatoms. The molecule has 20 heavy (non-hydrogen) atoms. The third-order valence-electron chi connectivity index (χ3n) is 3.33. The van der Waals surface area contributed by atoms with Crippen LogP contribution < -0.4 is 4.74 Å². The minimum Gasteiger partial charge on any atom is -0.497 e. The van der Waals surface area contributed by atoms with Crippen molar-refractivity contribution in [1.29, 1.82) is 0 Å². The Kier molecular flexibility index (Phi) is 3.25. The van der Waals surface area contributed by atoms with Crippen LogP contribution >= 0.6 is 0 Å². The number of hydrogen-bond donors (Lipinski definition) is 0. The molecule has 1 aliphatic rings. The summed E-state index contributed by atoms with van der Waals surface area (Å²) in [5.41, 5.74) is 3.38. The third kappa shape index (κ3) is 2.18. The predicted octanol–water partition coefficient (Wildman–Crippen LogP) is 3.16. The molecule has 100 valence electrons. The fraction of sp³-hybridized carbons (Fsp3) is 0.118. The van der Waals surface area contributed by atoms with E-state index in [9.17, 15) is 4.79 Å². The molecular formula is C17H14O3. The number of ether oxygens (including phenoxy) is 2. The van der Waals surface area contributed by atoms with Crippen molar-refractivity contribution in [1.82, 2.24) is 0 Å². The number of carbonyl (C=O) groups excluding carboxylic acids is 1. The van der Waals surface area contributed by atoms with E-state index in [-0.39, 0.29) is 5.97 Å². The molecule has 1 aliphatic heterocycles. The zero-order valence-electron chi connectivity index (χ0n) is 11.1. The Morgan fingerprint density at radius 3 is 2.50 bits per heavy atom. The highest BCUT2D eigenvalue weighted by Gasteiger charge is 2.27. The molecule has 0 saturated carbocycles. The molecule has 2 aromatic rings. The Morgan fingerprint density at radius 1 is 1.00 bits per heavy atom. The van der Waals surface area contributed by atoms with Gasteiger partial charge >= 0.3 is 5.97 Å². The fourth-order valence-corrected chi connectivity index (χ4v) is 2.34. The maximum absolute atomic E-state index is 12.0. The molecule has 0 unspecified atom stereocenters. The first-order valence-electron chi connectivity index (χ1n) is 6.39. The highest BCUT2D eigenvalue weighted by atomic mass is 16.5. The molecule has 0 spiro atoms. The lowest BCUT2D eigenvalue weighted by atomic mass is 9.96. The third-order valence-corrected chi connectivity index (χ3v) is 3.33. The molecule has 0 saturated heterocycles. The Hall–Kier alpha value is -2.55. The number of rotatable bonds is 3. The van der Waals surface area contributed by atoms with Crippen molar-refractivity contribution in [2.75, 3.05) is 13.7 Å². The fourth-order valence-electron chi connectivity index (χ4n) is 2.34. The summed E-state index contributed by atoms with van der Waals surface area (Å²) >= 11 is 0. The second-order valence-electron chi connectivity index (χ2n) is 4.53. The van der Waals surface area contributed by atoms with Crippen molar-refractivity contribution in [2.24, 2.45) is 0 Å². The first-order valence-corrected chi connectivity index (χ1v) is 6.39. The van der Waals surface area contributed by atoms with Gasteiger partial charge in [-0.1, -0.05) is 42.5 Å². The normalized spacial score (nSPS) is 14.3. The summed E-state index contributed by atoms with van der Waals surface area (Å²) in [5.74, 6) is 0.496. The number of benzene rings is 2. The maximum atomic E-state index is 12.0. The molecule has 3 nitrogen and oxygen atoms in total. The van der Waals surface area contributed by atoms with Crippen LogP contribution in [0.3, 0.4) is 0 Å². The van der Waals surface area contributed by atoms with Crippen molar-refractivity contribution >= 4 is 17.1 Å². The van der Waals surface area contributed by atoms with Crippen molar-refractivity contribution in [3.63, 3.8) is 0 Å². The highest BCUT2D eigenvalue weighted by molar-refractivity contribution is 6.27. The number of methoxy groups -OCH3 is 1. The van der Waals surface area contributed by atoms with Crippen LogP contribution in [0.15, 0.2) is 54.6 Å². The summed E-state index contributed by atoms with van der Waals surface area (Å²) < 4.78 is 10.4. The predicted molar refractivity (Wildman–Crippen MR) is 77.2 cm³/mol. The molecule has 0 amide bonds. The van der Waals surface area contributed by atoms with E-state index in [0.717, 1.165) is 22.4 Å². The number of carbonyl (C=O) groups is 1. The van der Waals surface area contributed by atoms with E-state index in [4.69, 9.17) is 9.47 Å². The van der Waals surface area contributed by atoms with Crippen LogP contribution in [0.1, 0.15) is 11.1 Å². The summed E-state index contributed by atoms with van der Waals surface area (Å²) in [4.78, 5) is 12.0. The van der Waals surface area contributed by atoms with Crippen LogP contribution in [0.2, 0.25) is 0 Å². The molecule has 0 bridgehead atoms. The van der Waals surface area contributed by atoms with Crippen LogP contribution in [0.25, 0.3) is 11.1 Å². The Morgan fingerprint density at radius 2 is 1.75 bits per heavy atom. The standard InChI is InChI=1S/C17H14O3/c1-19-14-9-5-8-13(10-14)15-11-20-17(18)16(15)12-6-3-2-4-7-12/h2-10H,11H2,1H3. The van der Waals surface area contributed by atoms with Gasteiger partial charge in [-0.3, -0.25) is 0 Å². The monoisotopic (exact) mass is 266 g/mol. The van der Waals surface area contributed by atoms with Gasteiger partial charge in [0, 0.05) is 5.57 Å². The Bertz CT molecular complexity index is 672. The van der Waals surface area contributed by atoms with Gasteiger partial charge in [0.1, 0.15) is 12.4 Å². The van der Waals surface area contributed by atoms with Crippen molar-refractivity contribution in [3.05, 3.63) is 65.7 Å². The molecule has 1 heterocycles. The van der Waals surface area contributed by atoms with Crippen LogP contribution in [-0.2, 0) is 9.53 Å². The van der Waals surface area contributed by atoms with Crippen molar-refractivity contribution in [2.45, 2.75) is 0 Å². The summed E-state index contributed by atoms with van der Waals surface area (Å²) in [7, 11) is 1.63. The number of esters is 1. The van der Waals surface area contributed by atoms with Gasteiger partial charge in [-0.25, -0.2) is 4.79 Å². The average Bonchev–Trinajstić information content (AvgIpc) is 2.90. The molecule has 0 aromatic heterocycles. The topological polar surface area (TPSA) is 35.5 Å². The molecule has 3 rings (SSSR count). The van der Waals surface area contributed by atoms with Crippen LogP contribution in [-0.4, -0.2) is 19.7 Å². The van der Waals surface area contributed by atoms with Gasteiger partial charge < -0.3 is 9.47 Å². The highest BCUT2D eigenvalue weighted by Crippen LogP contribution is 2.33. The quantitative estimate of drug-likeness (QED) is 0.800. The number of hydrogen-bond acceptors (Lipinski definition) is 3. The molecule has 0 fully saturated rings. The second kappa shape index (κ2) is 5.21. The molecule has 0 aliphatic carbocycles. The van der Waals surface area contributed by atoms with E-state index in [2.05, 4.69) is 0 Å². The van der Waals surface area contributed by atoms with E-state index in [1.807, 2.05) is 54.6 Å². The van der Waals surface area contributed by atoms with Crippen molar-refractivity contribution < 1.29 is 14.3 Å². The minimum absolute atomic E-state index is 0.269. The van der Waals surface area contributed by atoms with Gasteiger partial charge in [0.25, 0.3) is 0 Å². The first kappa shape index (κ1) is 12.5. The summed E-state index contributed by atoms with van der Waals surface area (Å²) in [6.07, 6.45) is 0. The number of cyclic esters (lactones) is 1. The molecular weight excluding hydrogens is 252 g/mol. The molecule has 0 radical (unpaired) electrons. The summed E-state index contributed by atoms with van der Waals surface area (Å²) in [6.45, 7) is 0.302. The van der Waals surface area contributed by atoms with Gasteiger partial charge in [-0.05, 0) is 23.3 Å². The first-order chi connectivity index (χ1) is 9.79. The van der Waals surface area contributed by atoms with Crippen LogP contribution in [0.4, 0.5) is 0 Å². The van der Waals surface area contributed by atoms with Crippen LogP contribution in [0.5, 0.6) is 5.75 Å². The zero-order chi connectivity index (χ0) is 13.9. The molecule has 0 atom stereocenters. The Labute approximate surface area is 117 Å². The summed E-state index contributed by atoms with van der Waals surface area (Å²) in [5, 5.41) is 0. The van der Waals surface area contributed by atoms with Crippen molar-refractivity contribution in [3.8, 4) is 5.75 Å². The lowest BCUT2D eigenvalue weighted by molar-refractivity contribution is -0.133. The van der Waals surface area contributed by atoms with E-state index >= 15 is 0 Å². The minimum atomic E-state index is -0.269. The SMILES string of the molecule is COc1cccc(C2=C(c3ccccc3)C(=O)OC2)c1. The lowest BCUT2D eigenvalue weighted by Crippen LogP contribution is -1.98. The summed E-state index contributed by atoms with van der Waals surface area (Å²) in [6, 6.07) is 17.3. The van der Waals surface area contributed by atoms with Gasteiger partial charge in [0.05, 0.1) is 12.7 Å². The lowest BCUT2D eigenvalue weighted by Gasteiger charge is -2.06. The van der Waals surface area contributed by atoms with E-state index in [1.165, 1.54) is 0 Å². The van der Waals surface area contributed by atoms with Crippen LogP contribution in [0, 0.1) is 0 Å². The van der Waals surface area contributed by atoms with E-state index in [1.54, 1.807) is 7.11 Å². The van der Waals surface area contributed by atoms with E-state index in [0.29, 0.717) is 12.2 Å². The molecule has 0 N–H and O–H groups in total. The average molecular weight is 266 g/mol. The maximum Gasteiger partial charge on any atom is 0.339 e. The largest absolute Gasteiger partial charge is 0.497 e. The van der Waals surface area contributed by atoms with Gasteiger partial charge in [0.15, 0.2) is 0 Å². The zero-order valence-corrected chi connectivity index (χ0v) is 11.1. The second-order valence-corrected chi connectivity index (χ2v) is 4.53. The molecule has 2 aromatic carbocycles. The smallest absolute Gasteiger partial charge is 0.339 e. The van der Waals surface area contributed by atoms with Gasteiger partial charge in [-0.2, -0.15) is 0 Å². The van der Waals surface area contributed by atoms with Gasteiger partial charge in [-0.15, -0.1) is 0 Å².